The molecule has 2 aromatic heterocycles. The number of rotatable bonds is 7. The fourth-order valence-electron chi connectivity index (χ4n) is 3.71. The molecule has 0 fully saturated rings. The number of methoxy groups -OCH3 is 2. The molecule has 0 aliphatic rings. The van der Waals surface area contributed by atoms with Crippen LogP contribution >= 0.6 is 0 Å². The Balaban J connectivity index is 1.68. The third-order valence-electron chi connectivity index (χ3n) is 5.20. The molecule has 0 radical (unpaired) electrons. The minimum absolute atomic E-state index is 0.203. The van der Waals surface area contributed by atoms with Crippen molar-refractivity contribution in [1.29, 1.82) is 0 Å². The summed E-state index contributed by atoms with van der Waals surface area (Å²) in [5.41, 5.74) is 3.02. The van der Waals surface area contributed by atoms with Crippen LogP contribution in [0.5, 0.6) is 11.5 Å². The van der Waals surface area contributed by atoms with Crippen molar-refractivity contribution in [2.75, 3.05) is 14.2 Å². The van der Waals surface area contributed by atoms with E-state index in [0.717, 1.165) is 11.3 Å². The van der Waals surface area contributed by atoms with Gasteiger partial charge in [0.05, 0.1) is 31.5 Å². The first kappa shape index (κ1) is 21.2. The monoisotopic (exact) mass is 432 g/mol. The van der Waals surface area contributed by atoms with E-state index in [1.54, 1.807) is 18.2 Å². The number of ether oxygens (including phenoxy) is 2. The van der Waals surface area contributed by atoms with Crippen molar-refractivity contribution in [2.24, 2.45) is 0 Å². The molecule has 1 amide bonds. The van der Waals surface area contributed by atoms with Gasteiger partial charge in [-0.15, -0.1) is 0 Å². The average molecular weight is 432 g/mol. The predicted octanol–water partition coefficient (Wildman–Crippen LogP) is 3.06. The van der Waals surface area contributed by atoms with Gasteiger partial charge in [-0.3, -0.25) is 14.7 Å². The number of nitrogens with zero attached hydrogens (tertiary/aromatic N) is 2. The molecule has 0 unspecified atom stereocenters. The average Bonchev–Trinajstić information content (AvgIpc) is 3.19. The Bertz CT molecular complexity index is 1310. The molecule has 4 aromatic rings. The van der Waals surface area contributed by atoms with E-state index < -0.39 is 6.04 Å². The summed E-state index contributed by atoms with van der Waals surface area (Å²) in [5.74, 6) is 0.518. The summed E-state index contributed by atoms with van der Waals surface area (Å²) < 4.78 is 12.1. The third kappa shape index (κ3) is 4.20. The fraction of sp³-hybridized carbons (Fsp3) is 0.208. The number of carbonyl (C=O) groups is 1. The summed E-state index contributed by atoms with van der Waals surface area (Å²) in [6, 6.07) is 17.6. The smallest absolute Gasteiger partial charge is 0.272 e. The summed E-state index contributed by atoms with van der Waals surface area (Å²) >= 11 is 0. The molecule has 164 valence electrons. The lowest BCUT2D eigenvalue weighted by molar-refractivity contribution is 0.0932. The maximum Gasteiger partial charge on any atom is 0.272 e. The third-order valence-corrected chi connectivity index (χ3v) is 5.20. The summed E-state index contributed by atoms with van der Waals surface area (Å²) in [7, 11) is 3.02. The Labute approximate surface area is 184 Å². The van der Waals surface area contributed by atoms with E-state index in [1.165, 1.54) is 24.8 Å². The van der Waals surface area contributed by atoms with Gasteiger partial charge in [-0.2, -0.15) is 0 Å². The van der Waals surface area contributed by atoms with Crippen LogP contribution < -0.4 is 20.3 Å². The van der Waals surface area contributed by atoms with Crippen LogP contribution in [-0.2, 0) is 6.42 Å². The highest BCUT2D eigenvalue weighted by Gasteiger charge is 2.22. The van der Waals surface area contributed by atoms with Gasteiger partial charge in [0, 0.05) is 24.2 Å². The van der Waals surface area contributed by atoms with Gasteiger partial charge in [0.15, 0.2) is 17.1 Å². The van der Waals surface area contributed by atoms with Crippen molar-refractivity contribution in [3.8, 4) is 11.5 Å². The molecule has 0 bridgehead atoms. The number of aromatic nitrogens is 3. The fourth-order valence-corrected chi connectivity index (χ4v) is 3.71. The number of benzene rings is 2. The zero-order valence-corrected chi connectivity index (χ0v) is 18.1. The van der Waals surface area contributed by atoms with E-state index in [4.69, 9.17) is 9.47 Å². The molecule has 8 heteroatoms. The van der Waals surface area contributed by atoms with Crippen molar-refractivity contribution in [3.63, 3.8) is 0 Å². The Morgan fingerprint density at radius 1 is 1.09 bits per heavy atom. The van der Waals surface area contributed by atoms with Gasteiger partial charge in [-0.25, -0.2) is 9.50 Å². The van der Waals surface area contributed by atoms with E-state index in [9.17, 15) is 9.59 Å². The van der Waals surface area contributed by atoms with E-state index in [-0.39, 0.29) is 11.5 Å². The number of carbonyl (C=O) groups excluding carboxylic acids is 1. The number of para-hydroxylation sites is 1. The minimum Gasteiger partial charge on any atom is -0.493 e. The SMILES string of the molecule is COc1cccc(C(=O)N[C@@H](Cc2cc(=O)n3[nH]c(C)cc3n2)c2ccccc2)c1OC. The highest BCUT2D eigenvalue weighted by atomic mass is 16.5. The summed E-state index contributed by atoms with van der Waals surface area (Å²) in [5, 5.41) is 6.03. The quantitative estimate of drug-likeness (QED) is 0.468. The number of hydrogen-bond donors (Lipinski definition) is 2. The lowest BCUT2D eigenvalue weighted by Crippen LogP contribution is -2.31. The van der Waals surface area contributed by atoms with Crippen molar-refractivity contribution >= 4 is 11.6 Å². The highest BCUT2D eigenvalue weighted by molar-refractivity contribution is 5.98. The molecule has 1 atom stereocenters. The van der Waals surface area contributed by atoms with Crippen molar-refractivity contribution in [2.45, 2.75) is 19.4 Å². The molecular weight excluding hydrogens is 408 g/mol. The second kappa shape index (κ2) is 8.97. The zero-order chi connectivity index (χ0) is 22.7. The molecule has 2 N–H and O–H groups in total. The number of fused-ring (bicyclic) bond motifs is 1. The van der Waals surface area contributed by atoms with E-state index >= 15 is 0 Å². The van der Waals surface area contributed by atoms with Gasteiger partial charge < -0.3 is 14.8 Å². The number of aromatic amines is 1. The lowest BCUT2D eigenvalue weighted by Gasteiger charge is -2.20. The van der Waals surface area contributed by atoms with Crippen LogP contribution in [0.15, 0.2) is 65.5 Å². The first-order valence-corrected chi connectivity index (χ1v) is 10.1. The van der Waals surface area contributed by atoms with Crippen molar-refractivity contribution < 1.29 is 14.3 Å². The van der Waals surface area contributed by atoms with Crippen LogP contribution in [0.1, 0.15) is 33.4 Å². The van der Waals surface area contributed by atoms with Gasteiger partial charge >= 0.3 is 0 Å². The zero-order valence-electron chi connectivity index (χ0n) is 18.1. The van der Waals surface area contributed by atoms with Crippen LogP contribution in [0.3, 0.4) is 0 Å². The Kier molecular flexibility index (Phi) is 5.93. The molecule has 0 aliphatic carbocycles. The van der Waals surface area contributed by atoms with Gasteiger partial charge in [0.2, 0.25) is 0 Å². The van der Waals surface area contributed by atoms with E-state index in [2.05, 4.69) is 15.4 Å². The van der Waals surface area contributed by atoms with Crippen LogP contribution in [0.25, 0.3) is 5.65 Å². The molecule has 0 aliphatic heterocycles. The van der Waals surface area contributed by atoms with Gasteiger partial charge in [0.1, 0.15) is 0 Å². The largest absolute Gasteiger partial charge is 0.493 e. The molecule has 0 saturated heterocycles. The summed E-state index contributed by atoms with van der Waals surface area (Å²) in [4.78, 5) is 30.3. The number of amides is 1. The number of H-pyrrole nitrogens is 1. The number of aryl methyl sites for hydroxylation is 1. The molecule has 4 rings (SSSR count). The molecule has 8 nitrogen and oxygen atoms in total. The standard InChI is InChI=1S/C24H24N4O4/c1-15-12-21-25-17(14-22(29)28(21)27-15)13-19(16-8-5-4-6-9-16)26-24(30)18-10-7-11-20(31-2)23(18)32-3/h4-12,14,19,27H,13H2,1-3H3,(H,26,30)/t19-/m0/s1. The summed E-state index contributed by atoms with van der Waals surface area (Å²) in [6.45, 7) is 1.86. The van der Waals surface area contributed by atoms with E-state index in [1.807, 2.05) is 43.3 Å². The Hall–Kier alpha value is -4.07. The molecule has 2 aromatic carbocycles. The van der Waals surface area contributed by atoms with Gasteiger partial charge in [-0.1, -0.05) is 36.4 Å². The van der Waals surface area contributed by atoms with Crippen molar-refractivity contribution in [3.05, 3.63) is 93.5 Å². The van der Waals surface area contributed by atoms with Crippen LogP contribution in [0.2, 0.25) is 0 Å². The van der Waals surface area contributed by atoms with Crippen LogP contribution in [0.4, 0.5) is 0 Å². The Morgan fingerprint density at radius 3 is 2.59 bits per heavy atom. The lowest BCUT2D eigenvalue weighted by atomic mass is 10.0. The molecular formula is C24H24N4O4. The predicted molar refractivity (Wildman–Crippen MR) is 120 cm³/mol. The molecule has 2 heterocycles. The topological polar surface area (TPSA) is 97.7 Å². The Morgan fingerprint density at radius 2 is 1.88 bits per heavy atom. The highest BCUT2D eigenvalue weighted by Crippen LogP contribution is 2.31. The van der Waals surface area contributed by atoms with Gasteiger partial charge in [0.25, 0.3) is 11.5 Å². The summed E-state index contributed by atoms with van der Waals surface area (Å²) in [6.07, 6.45) is 0.345. The number of hydrogen-bond acceptors (Lipinski definition) is 5. The van der Waals surface area contributed by atoms with Gasteiger partial charge in [-0.05, 0) is 24.6 Å². The minimum atomic E-state index is -0.408. The number of nitrogens with one attached hydrogen (secondary N) is 2. The first-order valence-electron chi connectivity index (χ1n) is 10.1. The maximum absolute atomic E-state index is 13.2. The van der Waals surface area contributed by atoms with Crippen LogP contribution in [0, 0.1) is 6.92 Å². The van der Waals surface area contributed by atoms with Crippen molar-refractivity contribution in [1.82, 2.24) is 19.9 Å². The molecule has 32 heavy (non-hydrogen) atoms. The van der Waals surface area contributed by atoms with Crippen LogP contribution in [-0.4, -0.2) is 34.7 Å². The molecule has 0 saturated carbocycles. The molecule has 0 spiro atoms. The second-order valence-electron chi connectivity index (χ2n) is 7.40. The maximum atomic E-state index is 13.2. The second-order valence-corrected chi connectivity index (χ2v) is 7.40. The van der Waals surface area contributed by atoms with E-state index in [0.29, 0.717) is 34.8 Å². The normalized spacial score (nSPS) is 11.8. The first-order chi connectivity index (χ1) is 15.5.